The maximum atomic E-state index is 12.4. The summed E-state index contributed by atoms with van der Waals surface area (Å²) in [5, 5.41) is 18.4. The second-order valence-corrected chi connectivity index (χ2v) is 4.73. The van der Waals surface area contributed by atoms with E-state index in [1.54, 1.807) is 4.90 Å². The van der Waals surface area contributed by atoms with Gasteiger partial charge in [0.25, 0.3) is 0 Å². The number of carbonyl (C=O) groups excluding carboxylic acids is 1. The van der Waals surface area contributed by atoms with Crippen molar-refractivity contribution in [1.82, 2.24) is 9.88 Å². The van der Waals surface area contributed by atoms with E-state index in [-0.39, 0.29) is 25.2 Å². The smallest absolute Gasteiger partial charge is 0.227 e. The highest BCUT2D eigenvalue weighted by atomic mass is 16.2. The lowest BCUT2D eigenvalue weighted by Gasteiger charge is -2.20. The van der Waals surface area contributed by atoms with Gasteiger partial charge in [-0.05, 0) is 11.6 Å². The van der Waals surface area contributed by atoms with Gasteiger partial charge >= 0.3 is 0 Å². The van der Waals surface area contributed by atoms with Gasteiger partial charge in [-0.2, -0.15) is 10.5 Å². The number of nitriles is 2. The van der Waals surface area contributed by atoms with Crippen LogP contribution >= 0.6 is 0 Å². The molecule has 1 N–H and O–H groups in total. The van der Waals surface area contributed by atoms with Crippen LogP contribution in [0.5, 0.6) is 0 Å². The standard InChI is InChI=1S/C16H16N4O/c17-7-3-9-20(10-4-8-18)16(21)11-13-12-19-15-6-2-1-5-14(13)15/h1-2,5-6,12,19H,3-4,9-11H2. The van der Waals surface area contributed by atoms with Crippen molar-refractivity contribution in [2.75, 3.05) is 13.1 Å². The van der Waals surface area contributed by atoms with E-state index in [9.17, 15) is 4.79 Å². The monoisotopic (exact) mass is 280 g/mol. The molecule has 1 amide bonds. The fraction of sp³-hybridized carbons (Fsp3) is 0.312. The highest BCUT2D eigenvalue weighted by Gasteiger charge is 2.15. The van der Waals surface area contributed by atoms with Gasteiger partial charge in [0.1, 0.15) is 0 Å². The predicted molar refractivity (Wildman–Crippen MR) is 79.0 cm³/mol. The van der Waals surface area contributed by atoms with E-state index >= 15 is 0 Å². The normalized spacial score (nSPS) is 10.0. The number of nitrogens with zero attached hydrogens (tertiary/aromatic N) is 3. The summed E-state index contributed by atoms with van der Waals surface area (Å²) in [5.74, 6) is -0.0507. The van der Waals surface area contributed by atoms with Crippen molar-refractivity contribution in [2.24, 2.45) is 0 Å². The molecule has 5 nitrogen and oxygen atoms in total. The van der Waals surface area contributed by atoms with Crippen molar-refractivity contribution >= 4 is 16.8 Å². The van der Waals surface area contributed by atoms with Gasteiger partial charge in [0.05, 0.1) is 31.4 Å². The third-order valence-electron chi connectivity index (χ3n) is 3.36. The third kappa shape index (κ3) is 3.61. The van der Waals surface area contributed by atoms with Gasteiger partial charge in [0.2, 0.25) is 5.91 Å². The van der Waals surface area contributed by atoms with Gasteiger partial charge in [-0.1, -0.05) is 18.2 Å². The number of para-hydroxylation sites is 1. The lowest BCUT2D eigenvalue weighted by Crippen LogP contribution is -2.33. The molecule has 0 radical (unpaired) electrons. The first kappa shape index (κ1) is 14.6. The molecule has 2 aromatic rings. The number of nitrogens with one attached hydrogen (secondary N) is 1. The Hall–Kier alpha value is -2.79. The van der Waals surface area contributed by atoms with Crippen molar-refractivity contribution in [1.29, 1.82) is 10.5 Å². The Balaban J connectivity index is 2.10. The summed E-state index contributed by atoms with van der Waals surface area (Å²) in [6, 6.07) is 11.9. The molecule has 1 heterocycles. The molecular formula is C16H16N4O. The third-order valence-corrected chi connectivity index (χ3v) is 3.36. The first-order valence-electron chi connectivity index (χ1n) is 6.83. The van der Waals surface area contributed by atoms with Crippen LogP contribution in [0.2, 0.25) is 0 Å². The van der Waals surface area contributed by atoms with Crippen LogP contribution in [0.3, 0.4) is 0 Å². The van der Waals surface area contributed by atoms with Crippen molar-refractivity contribution < 1.29 is 4.79 Å². The van der Waals surface area contributed by atoms with Crippen LogP contribution in [0.15, 0.2) is 30.5 Å². The Morgan fingerprint density at radius 2 is 1.81 bits per heavy atom. The molecular weight excluding hydrogens is 264 g/mol. The van der Waals surface area contributed by atoms with E-state index in [1.165, 1.54) is 0 Å². The summed E-state index contributed by atoms with van der Waals surface area (Å²) < 4.78 is 0. The number of aromatic amines is 1. The number of aromatic nitrogens is 1. The Labute approximate surface area is 123 Å². The Kier molecular flexibility index (Phi) is 4.95. The number of carbonyl (C=O) groups is 1. The molecule has 0 fully saturated rings. The molecule has 0 saturated heterocycles. The zero-order chi connectivity index (χ0) is 15.1. The Bertz CT molecular complexity index is 687. The fourth-order valence-corrected chi connectivity index (χ4v) is 2.28. The summed E-state index contributed by atoms with van der Waals surface area (Å²) >= 11 is 0. The van der Waals surface area contributed by atoms with Gasteiger partial charge in [0, 0.05) is 30.2 Å². The first-order valence-corrected chi connectivity index (χ1v) is 6.83. The summed E-state index contributed by atoms with van der Waals surface area (Å²) in [4.78, 5) is 17.1. The lowest BCUT2D eigenvalue weighted by atomic mass is 10.1. The summed E-state index contributed by atoms with van der Waals surface area (Å²) in [6.45, 7) is 0.749. The molecule has 0 unspecified atom stereocenters. The van der Waals surface area contributed by atoms with E-state index in [0.717, 1.165) is 16.5 Å². The lowest BCUT2D eigenvalue weighted by molar-refractivity contribution is -0.130. The average molecular weight is 280 g/mol. The molecule has 0 atom stereocenters. The second kappa shape index (κ2) is 7.12. The molecule has 0 saturated carbocycles. The molecule has 0 aliphatic rings. The van der Waals surface area contributed by atoms with E-state index in [0.29, 0.717) is 13.1 Å². The Morgan fingerprint density at radius 3 is 2.48 bits per heavy atom. The number of hydrogen-bond acceptors (Lipinski definition) is 3. The van der Waals surface area contributed by atoms with Crippen molar-refractivity contribution in [2.45, 2.75) is 19.3 Å². The minimum atomic E-state index is -0.0507. The minimum absolute atomic E-state index is 0.0507. The highest BCUT2D eigenvalue weighted by molar-refractivity contribution is 5.88. The van der Waals surface area contributed by atoms with E-state index < -0.39 is 0 Å². The maximum absolute atomic E-state index is 12.4. The van der Waals surface area contributed by atoms with Crippen LogP contribution in [-0.4, -0.2) is 28.9 Å². The predicted octanol–water partition coefficient (Wildman–Crippen LogP) is 2.37. The number of H-pyrrole nitrogens is 1. The van der Waals surface area contributed by atoms with Crippen molar-refractivity contribution in [3.05, 3.63) is 36.0 Å². The van der Waals surface area contributed by atoms with E-state index in [4.69, 9.17) is 10.5 Å². The summed E-state index contributed by atoms with van der Waals surface area (Å²) in [6.07, 6.45) is 2.69. The molecule has 0 spiro atoms. The highest BCUT2D eigenvalue weighted by Crippen LogP contribution is 2.18. The van der Waals surface area contributed by atoms with E-state index in [2.05, 4.69) is 4.98 Å². The van der Waals surface area contributed by atoms with Crippen LogP contribution in [0.25, 0.3) is 10.9 Å². The Morgan fingerprint density at radius 1 is 1.14 bits per heavy atom. The van der Waals surface area contributed by atoms with Gasteiger partial charge in [-0.3, -0.25) is 4.79 Å². The number of benzene rings is 1. The largest absolute Gasteiger partial charge is 0.361 e. The second-order valence-electron chi connectivity index (χ2n) is 4.73. The molecule has 21 heavy (non-hydrogen) atoms. The van der Waals surface area contributed by atoms with Crippen LogP contribution in [0, 0.1) is 22.7 Å². The zero-order valence-corrected chi connectivity index (χ0v) is 11.7. The van der Waals surface area contributed by atoms with Crippen LogP contribution in [-0.2, 0) is 11.2 Å². The molecule has 1 aromatic heterocycles. The van der Waals surface area contributed by atoms with Crippen LogP contribution < -0.4 is 0 Å². The summed E-state index contributed by atoms with van der Waals surface area (Å²) in [5.41, 5.74) is 1.94. The maximum Gasteiger partial charge on any atom is 0.227 e. The van der Waals surface area contributed by atoms with Crippen LogP contribution in [0.4, 0.5) is 0 Å². The number of rotatable bonds is 6. The number of fused-ring (bicyclic) bond motifs is 1. The van der Waals surface area contributed by atoms with Crippen LogP contribution in [0.1, 0.15) is 18.4 Å². The average Bonchev–Trinajstić information content (AvgIpc) is 2.91. The zero-order valence-electron chi connectivity index (χ0n) is 11.7. The van der Waals surface area contributed by atoms with E-state index in [1.807, 2.05) is 42.6 Å². The molecule has 0 bridgehead atoms. The van der Waals surface area contributed by atoms with Gasteiger partial charge in [-0.15, -0.1) is 0 Å². The van der Waals surface area contributed by atoms with Gasteiger partial charge in [0.15, 0.2) is 0 Å². The topological polar surface area (TPSA) is 83.7 Å². The SMILES string of the molecule is N#CCCN(CCC#N)C(=O)Cc1c[nH]c2ccccc12. The van der Waals surface area contributed by atoms with Crippen molar-refractivity contribution in [3.63, 3.8) is 0 Å². The van der Waals surface area contributed by atoms with Crippen molar-refractivity contribution in [3.8, 4) is 12.1 Å². The fourth-order valence-electron chi connectivity index (χ4n) is 2.28. The number of amides is 1. The molecule has 1 aromatic carbocycles. The molecule has 106 valence electrons. The van der Waals surface area contributed by atoms with Gasteiger partial charge in [-0.25, -0.2) is 0 Å². The molecule has 2 rings (SSSR count). The molecule has 5 heteroatoms. The summed E-state index contributed by atoms with van der Waals surface area (Å²) in [7, 11) is 0. The molecule has 0 aliphatic carbocycles. The molecule has 0 aliphatic heterocycles. The van der Waals surface area contributed by atoms with Gasteiger partial charge < -0.3 is 9.88 Å². The number of hydrogen-bond donors (Lipinski definition) is 1. The quantitative estimate of drug-likeness (QED) is 0.881. The first-order chi connectivity index (χ1) is 10.3. The minimum Gasteiger partial charge on any atom is -0.361 e.